The Hall–Kier alpha value is -0.890. The van der Waals surface area contributed by atoms with E-state index in [1.165, 1.54) is 0 Å². The molecular weight excluding hydrogens is 126 g/mol. The number of aliphatic hydroxyl groups excluding tert-OH is 1. The van der Waals surface area contributed by atoms with E-state index in [0.29, 0.717) is 0 Å². The molecule has 0 bridgehead atoms. The predicted octanol–water partition coefficient (Wildman–Crippen LogP) is 1.19. The second kappa shape index (κ2) is 2.80. The van der Waals surface area contributed by atoms with Gasteiger partial charge >= 0.3 is 0 Å². The average Bonchev–Trinajstić information content (AvgIpc) is 1.88. The molecule has 0 aliphatic rings. The minimum Gasteiger partial charge on any atom is -0.392 e. The Morgan fingerprint density at radius 3 is 2.70 bits per heavy atom. The van der Waals surface area contributed by atoms with Crippen molar-refractivity contribution < 1.29 is 5.11 Å². The molecule has 0 atom stereocenters. The number of aromatic nitrogens is 1. The minimum absolute atomic E-state index is 0.0825. The summed E-state index contributed by atoms with van der Waals surface area (Å²) in [5, 5.41) is 8.77. The number of rotatable bonds is 1. The molecule has 2 heteroatoms. The molecule has 0 aromatic carbocycles. The molecule has 0 aliphatic heterocycles. The van der Waals surface area contributed by atoms with E-state index in [1.807, 2.05) is 19.9 Å². The van der Waals surface area contributed by atoms with Gasteiger partial charge in [-0.1, -0.05) is 0 Å². The number of aryl methyl sites for hydroxylation is 2. The lowest BCUT2D eigenvalue weighted by Gasteiger charge is -2.00. The average molecular weight is 137 g/mol. The largest absolute Gasteiger partial charge is 0.392 e. The van der Waals surface area contributed by atoms with E-state index in [4.69, 9.17) is 5.11 Å². The van der Waals surface area contributed by atoms with Crippen molar-refractivity contribution in [3.63, 3.8) is 0 Å². The molecule has 0 saturated carbocycles. The summed E-state index contributed by atoms with van der Waals surface area (Å²) in [4.78, 5) is 4.05. The Kier molecular flexibility index (Phi) is 2.02. The maximum Gasteiger partial charge on any atom is 0.0699 e. The van der Waals surface area contributed by atoms with Gasteiger partial charge in [0.15, 0.2) is 0 Å². The highest BCUT2D eigenvalue weighted by Crippen LogP contribution is 2.06. The lowest BCUT2D eigenvalue weighted by molar-refractivity contribution is 0.280. The molecule has 0 radical (unpaired) electrons. The molecule has 0 saturated heterocycles. The standard InChI is InChI=1S/C8H11NO/c1-6-3-7(2)9-4-8(6)5-10/h3-4,10H,5H2,1-2H3. The number of aliphatic hydroxyl groups is 1. The first-order chi connectivity index (χ1) is 4.74. The first-order valence-corrected chi connectivity index (χ1v) is 3.27. The van der Waals surface area contributed by atoms with Gasteiger partial charge in [-0.2, -0.15) is 0 Å². The molecule has 1 aromatic rings. The number of pyridine rings is 1. The Labute approximate surface area is 60.5 Å². The molecule has 1 heterocycles. The first kappa shape index (κ1) is 7.22. The molecule has 0 amide bonds. The van der Waals surface area contributed by atoms with Crippen molar-refractivity contribution >= 4 is 0 Å². The van der Waals surface area contributed by atoms with Crippen LogP contribution in [0.4, 0.5) is 0 Å². The Morgan fingerprint density at radius 2 is 2.20 bits per heavy atom. The number of hydrogen-bond acceptors (Lipinski definition) is 2. The van der Waals surface area contributed by atoms with Crippen molar-refractivity contribution in [3.8, 4) is 0 Å². The molecular formula is C8H11NO. The van der Waals surface area contributed by atoms with Crippen LogP contribution in [0, 0.1) is 13.8 Å². The van der Waals surface area contributed by atoms with Crippen LogP contribution in [0.15, 0.2) is 12.3 Å². The zero-order valence-corrected chi connectivity index (χ0v) is 6.26. The summed E-state index contributed by atoms with van der Waals surface area (Å²) in [5.41, 5.74) is 3.01. The highest BCUT2D eigenvalue weighted by molar-refractivity contribution is 5.23. The van der Waals surface area contributed by atoms with Crippen LogP contribution >= 0.6 is 0 Å². The molecule has 0 spiro atoms. The van der Waals surface area contributed by atoms with Crippen LogP contribution in [0.5, 0.6) is 0 Å². The molecule has 0 aliphatic carbocycles. The van der Waals surface area contributed by atoms with Gasteiger partial charge in [0.05, 0.1) is 6.61 Å². The summed E-state index contributed by atoms with van der Waals surface area (Å²) < 4.78 is 0. The fourth-order valence-corrected chi connectivity index (χ4v) is 0.890. The lowest BCUT2D eigenvalue weighted by Crippen LogP contribution is -1.91. The Balaban J connectivity index is 3.07. The van der Waals surface area contributed by atoms with Gasteiger partial charge in [-0.15, -0.1) is 0 Å². The lowest BCUT2D eigenvalue weighted by atomic mass is 10.1. The summed E-state index contributed by atoms with van der Waals surface area (Å²) in [5.74, 6) is 0. The fraction of sp³-hybridized carbons (Fsp3) is 0.375. The van der Waals surface area contributed by atoms with Gasteiger partial charge in [0.1, 0.15) is 0 Å². The van der Waals surface area contributed by atoms with Crippen LogP contribution in [-0.4, -0.2) is 10.1 Å². The van der Waals surface area contributed by atoms with Gasteiger partial charge in [0, 0.05) is 11.9 Å². The highest BCUT2D eigenvalue weighted by atomic mass is 16.3. The number of nitrogens with zero attached hydrogens (tertiary/aromatic N) is 1. The van der Waals surface area contributed by atoms with Crippen molar-refractivity contribution in [2.24, 2.45) is 0 Å². The summed E-state index contributed by atoms with van der Waals surface area (Å²) >= 11 is 0. The summed E-state index contributed by atoms with van der Waals surface area (Å²) in [6.07, 6.45) is 1.71. The molecule has 10 heavy (non-hydrogen) atoms. The summed E-state index contributed by atoms with van der Waals surface area (Å²) in [7, 11) is 0. The Morgan fingerprint density at radius 1 is 1.50 bits per heavy atom. The van der Waals surface area contributed by atoms with Crippen molar-refractivity contribution in [1.82, 2.24) is 4.98 Å². The van der Waals surface area contributed by atoms with Crippen LogP contribution in [-0.2, 0) is 6.61 Å². The zero-order chi connectivity index (χ0) is 7.56. The van der Waals surface area contributed by atoms with Crippen molar-refractivity contribution in [2.45, 2.75) is 20.5 Å². The maximum absolute atomic E-state index is 8.77. The normalized spacial score (nSPS) is 9.90. The summed E-state index contributed by atoms with van der Waals surface area (Å²) in [6.45, 7) is 3.99. The van der Waals surface area contributed by atoms with Crippen LogP contribution in [0.2, 0.25) is 0 Å². The monoisotopic (exact) mass is 137 g/mol. The van der Waals surface area contributed by atoms with Crippen molar-refractivity contribution in [2.75, 3.05) is 0 Å². The molecule has 0 unspecified atom stereocenters. The molecule has 1 N–H and O–H groups in total. The van der Waals surface area contributed by atoms with E-state index >= 15 is 0 Å². The van der Waals surface area contributed by atoms with Gasteiger partial charge in [-0.25, -0.2) is 0 Å². The summed E-state index contributed by atoms with van der Waals surface area (Å²) in [6, 6.07) is 1.96. The third-order valence-corrected chi connectivity index (χ3v) is 1.53. The van der Waals surface area contributed by atoms with E-state index in [-0.39, 0.29) is 6.61 Å². The third kappa shape index (κ3) is 1.33. The van der Waals surface area contributed by atoms with Gasteiger partial charge in [-0.05, 0) is 31.0 Å². The highest BCUT2D eigenvalue weighted by Gasteiger charge is 1.95. The van der Waals surface area contributed by atoms with Crippen LogP contribution < -0.4 is 0 Å². The SMILES string of the molecule is Cc1cc(C)c(CO)cn1. The van der Waals surface area contributed by atoms with Gasteiger partial charge in [-0.3, -0.25) is 4.98 Å². The van der Waals surface area contributed by atoms with E-state index in [0.717, 1.165) is 16.8 Å². The molecule has 0 fully saturated rings. The third-order valence-electron chi connectivity index (χ3n) is 1.53. The fourth-order valence-electron chi connectivity index (χ4n) is 0.890. The van der Waals surface area contributed by atoms with Crippen molar-refractivity contribution in [3.05, 3.63) is 29.1 Å². The second-order valence-electron chi connectivity index (χ2n) is 2.41. The van der Waals surface area contributed by atoms with E-state index in [9.17, 15) is 0 Å². The molecule has 54 valence electrons. The van der Waals surface area contributed by atoms with Crippen molar-refractivity contribution in [1.29, 1.82) is 0 Å². The smallest absolute Gasteiger partial charge is 0.0699 e. The topological polar surface area (TPSA) is 33.1 Å². The zero-order valence-electron chi connectivity index (χ0n) is 6.26. The van der Waals surface area contributed by atoms with Gasteiger partial charge in [0.25, 0.3) is 0 Å². The van der Waals surface area contributed by atoms with E-state index in [2.05, 4.69) is 4.98 Å². The Bertz CT molecular complexity index is 233. The van der Waals surface area contributed by atoms with E-state index in [1.54, 1.807) is 6.20 Å². The number of hydrogen-bond donors (Lipinski definition) is 1. The molecule has 1 rings (SSSR count). The molecule has 2 nitrogen and oxygen atoms in total. The first-order valence-electron chi connectivity index (χ1n) is 3.27. The van der Waals surface area contributed by atoms with Crippen LogP contribution in [0.3, 0.4) is 0 Å². The van der Waals surface area contributed by atoms with E-state index < -0.39 is 0 Å². The predicted molar refractivity (Wildman–Crippen MR) is 39.6 cm³/mol. The second-order valence-corrected chi connectivity index (χ2v) is 2.41. The molecule has 1 aromatic heterocycles. The quantitative estimate of drug-likeness (QED) is 0.630. The maximum atomic E-state index is 8.77. The minimum atomic E-state index is 0.0825. The van der Waals surface area contributed by atoms with Gasteiger partial charge < -0.3 is 5.11 Å². The van der Waals surface area contributed by atoms with Crippen LogP contribution in [0.1, 0.15) is 16.8 Å². The van der Waals surface area contributed by atoms with Gasteiger partial charge in [0.2, 0.25) is 0 Å². The van der Waals surface area contributed by atoms with Crippen LogP contribution in [0.25, 0.3) is 0 Å².